The van der Waals surface area contributed by atoms with Crippen molar-refractivity contribution in [3.8, 4) is 5.75 Å². The third kappa shape index (κ3) is 2.52. The number of ketones is 1. The van der Waals surface area contributed by atoms with Gasteiger partial charge in [0.2, 0.25) is 18.5 Å². The van der Waals surface area contributed by atoms with E-state index in [-0.39, 0.29) is 18.1 Å². The van der Waals surface area contributed by atoms with Crippen LogP contribution in [0.4, 0.5) is 0 Å². The van der Waals surface area contributed by atoms with E-state index in [1.807, 2.05) is 12.1 Å². The molecule has 0 unspecified atom stereocenters. The number of hydrogen-bond acceptors (Lipinski definition) is 2. The van der Waals surface area contributed by atoms with Crippen LogP contribution in [0, 0.1) is 0 Å². The number of nitrogens with zero attached hydrogens (tertiary/aromatic N) is 1. The second-order valence-electron chi connectivity index (χ2n) is 5.05. The second kappa shape index (κ2) is 5.40. The molecule has 0 amide bonds. The van der Waals surface area contributed by atoms with Gasteiger partial charge in [-0.3, -0.25) is 4.79 Å². The lowest BCUT2D eigenvalue weighted by Crippen LogP contribution is -2.36. The molecule has 2 aromatic heterocycles. The number of rotatable bonds is 4. The summed E-state index contributed by atoms with van der Waals surface area (Å²) in [6, 6.07) is 9.31. The zero-order valence-corrected chi connectivity index (χ0v) is 11.8. The van der Waals surface area contributed by atoms with Crippen LogP contribution in [-0.4, -0.2) is 15.9 Å². The fourth-order valence-electron chi connectivity index (χ4n) is 2.60. The Morgan fingerprint density at radius 1 is 1.29 bits per heavy atom. The van der Waals surface area contributed by atoms with Gasteiger partial charge in [-0.15, -0.1) is 0 Å². The van der Waals surface area contributed by atoms with Crippen LogP contribution < -0.4 is 4.57 Å². The summed E-state index contributed by atoms with van der Waals surface area (Å²) in [6.07, 6.45) is 6.01. The Bertz CT molecular complexity index is 805. The van der Waals surface area contributed by atoms with Crippen LogP contribution in [0.5, 0.6) is 5.75 Å². The number of pyridine rings is 1. The highest BCUT2D eigenvalue weighted by Crippen LogP contribution is 2.22. The van der Waals surface area contributed by atoms with E-state index in [1.54, 1.807) is 35.3 Å². The average molecular weight is 281 g/mol. The summed E-state index contributed by atoms with van der Waals surface area (Å²) in [5.74, 6) is 0.169. The van der Waals surface area contributed by atoms with Crippen LogP contribution in [-0.2, 0) is 13.0 Å². The lowest BCUT2D eigenvalue weighted by Gasteiger charge is -2.00. The first-order valence-electron chi connectivity index (χ1n) is 6.99. The quantitative estimate of drug-likeness (QED) is 0.570. The SMILES string of the molecule is CCc1cccc2c(C(=O)C[n+]3cccc(O)c3)c[nH]c12. The Morgan fingerprint density at radius 2 is 2.14 bits per heavy atom. The number of aryl methyl sites for hydroxylation is 1. The van der Waals surface area contributed by atoms with E-state index in [4.69, 9.17) is 0 Å². The molecule has 3 rings (SSSR count). The van der Waals surface area contributed by atoms with Crippen LogP contribution in [0.25, 0.3) is 10.9 Å². The molecule has 0 radical (unpaired) electrons. The van der Waals surface area contributed by atoms with Gasteiger partial charge in [0.25, 0.3) is 0 Å². The molecular weight excluding hydrogens is 264 g/mol. The van der Waals surface area contributed by atoms with Crippen molar-refractivity contribution in [3.63, 3.8) is 0 Å². The lowest BCUT2D eigenvalue weighted by molar-refractivity contribution is -0.683. The maximum absolute atomic E-state index is 12.5. The molecule has 3 aromatic rings. The highest BCUT2D eigenvalue weighted by Gasteiger charge is 2.17. The van der Waals surface area contributed by atoms with Crippen LogP contribution in [0.15, 0.2) is 48.9 Å². The molecule has 1 aromatic carbocycles. The van der Waals surface area contributed by atoms with Crippen molar-refractivity contribution in [2.75, 3.05) is 0 Å². The molecule has 0 spiro atoms. The van der Waals surface area contributed by atoms with E-state index in [9.17, 15) is 9.90 Å². The monoisotopic (exact) mass is 281 g/mol. The highest BCUT2D eigenvalue weighted by molar-refractivity contribution is 6.07. The normalized spacial score (nSPS) is 10.9. The molecular formula is C17H17N2O2+. The van der Waals surface area contributed by atoms with Crippen molar-refractivity contribution < 1.29 is 14.5 Å². The number of carbonyl (C=O) groups is 1. The van der Waals surface area contributed by atoms with E-state index < -0.39 is 0 Å². The van der Waals surface area contributed by atoms with Gasteiger partial charge in [0.1, 0.15) is 0 Å². The van der Waals surface area contributed by atoms with E-state index in [1.165, 1.54) is 5.56 Å². The van der Waals surface area contributed by atoms with Gasteiger partial charge in [0.05, 0.1) is 0 Å². The minimum absolute atomic E-state index is 0.0186. The van der Waals surface area contributed by atoms with Crippen molar-refractivity contribution in [3.05, 3.63) is 60.0 Å². The Labute approximate surface area is 122 Å². The molecule has 106 valence electrons. The van der Waals surface area contributed by atoms with Gasteiger partial charge in [-0.1, -0.05) is 25.1 Å². The second-order valence-corrected chi connectivity index (χ2v) is 5.05. The van der Waals surface area contributed by atoms with Gasteiger partial charge in [-0.05, 0) is 18.1 Å². The predicted octanol–water partition coefficient (Wildman–Crippen LogP) is 2.61. The topological polar surface area (TPSA) is 57.0 Å². The predicted molar refractivity (Wildman–Crippen MR) is 80.3 cm³/mol. The number of fused-ring (bicyclic) bond motifs is 1. The van der Waals surface area contributed by atoms with E-state index >= 15 is 0 Å². The number of H-pyrrole nitrogens is 1. The van der Waals surface area contributed by atoms with Crippen LogP contribution in [0.1, 0.15) is 22.8 Å². The van der Waals surface area contributed by atoms with E-state index in [0.717, 1.165) is 17.3 Å². The van der Waals surface area contributed by atoms with Gasteiger partial charge < -0.3 is 10.1 Å². The molecule has 0 atom stereocenters. The minimum atomic E-state index is 0.0186. The molecule has 21 heavy (non-hydrogen) atoms. The Hall–Kier alpha value is -2.62. The summed E-state index contributed by atoms with van der Waals surface area (Å²) < 4.78 is 1.68. The van der Waals surface area contributed by atoms with Gasteiger partial charge in [0, 0.05) is 28.7 Å². The summed E-state index contributed by atoms with van der Waals surface area (Å²) in [7, 11) is 0. The summed E-state index contributed by atoms with van der Waals surface area (Å²) in [4.78, 5) is 15.7. The molecule has 2 heterocycles. The zero-order chi connectivity index (χ0) is 14.8. The average Bonchev–Trinajstić information content (AvgIpc) is 2.91. The first-order valence-corrected chi connectivity index (χ1v) is 6.99. The summed E-state index contributed by atoms with van der Waals surface area (Å²) in [5, 5.41) is 10.4. The number of hydrogen-bond donors (Lipinski definition) is 2. The number of aromatic amines is 1. The van der Waals surface area contributed by atoms with Crippen LogP contribution in [0.2, 0.25) is 0 Å². The Morgan fingerprint density at radius 3 is 2.90 bits per heavy atom. The lowest BCUT2D eigenvalue weighted by atomic mass is 10.0. The molecule has 0 bridgehead atoms. The van der Waals surface area contributed by atoms with Gasteiger partial charge in [0.15, 0.2) is 11.9 Å². The van der Waals surface area contributed by atoms with Crippen LogP contribution in [0.3, 0.4) is 0 Å². The van der Waals surface area contributed by atoms with Gasteiger partial charge >= 0.3 is 0 Å². The van der Waals surface area contributed by atoms with E-state index in [2.05, 4.69) is 18.0 Å². The third-order valence-electron chi connectivity index (χ3n) is 3.65. The zero-order valence-electron chi connectivity index (χ0n) is 11.8. The smallest absolute Gasteiger partial charge is 0.229 e. The largest absolute Gasteiger partial charge is 0.503 e. The van der Waals surface area contributed by atoms with E-state index in [0.29, 0.717) is 5.56 Å². The minimum Gasteiger partial charge on any atom is -0.503 e. The number of aromatic nitrogens is 2. The maximum Gasteiger partial charge on any atom is 0.229 e. The van der Waals surface area contributed by atoms with Crippen molar-refractivity contribution in [2.45, 2.75) is 19.9 Å². The van der Waals surface area contributed by atoms with Crippen LogP contribution >= 0.6 is 0 Å². The standard InChI is InChI=1S/C17H16N2O2/c1-2-12-5-3-7-14-15(9-18-17(12)14)16(21)11-19-8-4-6-13(20)10-19/h3-10H,2,11H2,1H3,(H-,18,20,21)/p+1. The molecule has 4 nitrogen and oxygen atoms in total. The summed E-state index contributed by atoms with van der Waals surface area (Å²) in [6.45, 7) is 2.30. The highest BCUT2D eigenvalue weighted by atomic mass is 16.3. The number of nitrogens with one attached hydrogen (secondary N) is 1. The fourth-order valence-corrected chi connectivity index (χ4v) is 2.60. The molecule has 0 aliphatic heterocycles. The van der Waals surface area contributed by atoms with Gasteiger partial charge in [-0.25, -0.2) is 0 Å². The molecule has 0 aliphatic rings. The summed E-state index contributed by atoms with van der Waals surface area (Å²) in [5.41, 5.74) is 2.93. The number of para-hydroxylation sites is 1. The number of carbonyl (C=O) groups excluding carboxylic acids is 1. The number of aromatic hydroxyl groups is 1. The summed E-state index contributed by atoms with van der Waals surface area (Å²) >= 11 is 0. The van der Waals surface area contributed by atoms with Crippen molar-refractivity contribution in [2.24, 2.45) is 0 Å². The van der Waals surface area contributed by atoms with Gasteiger partial charge in [-0.2, -0.15) is 4.57 Å². The first kappa shape index (κ1) is 13.4. The molecule has 4 heteroatoms. The first-order chi connectivity index (χ1) is 10.2. The maximum atomic E-state index is 12.5. The van der Waals surface area contributed by atoms with Crippen molar-refractivity contribution in [1.29, 1.82) is 0 Å². The number of Topliss-reactive ketones (excluding diaryl/α,β-unsaturated/α-hetero) is 1. The Balaban J connectivity index is 1.95. The number of benzene rings is 1. The Kier molecular flexibility index (Phi) is 3.44. The van der Waals surface area contributed by atoms with Crippen molar-refractivity contribution >= 4 is 16.7 Å². The molecule has 2 N–H and O–H groups in total. The molecule has 0 saturated heterocycles. The molecule has 0 saturated carbocycles. The molecule has 0 fully saturated rings. The third-order valence-corrected chi connectivity index (χ3v) is 3.65. The molecule has 0 aliphatic carbocycles. The fraction of sp³-hybridized carbons (Fsp3) is 0.176. The van der Waals surface area contributed by atoms with Crippen molar-refractivity contribution in [1.82, 2.24) is 4.98 Å².